The van der Waals surface area contributed by atoms with Crippen molar-refractivity contribution in [2.45, 2.75) is 47.1 Å². The van der Waals surface area contributed by atoms with E-state index in [1.165, 1.54) is 0 Å². The Hall–Kier alpha value is -0.0800. The fourth-order valence-electron chi connectivity index (χ4n) is 1.08. The lowest BCUT2D eigenvalue weighted by molar-refractivity contribution is 0.0570. The Morgan fingerprint density at radius 1 is 1.31 bits per heavy atom. The lowest BCUT2D eigenvalue weighted by Crippen LogP contribution is -2.38. The summed E-state index contributed by atoms with van der Waals surface area (Å²) in [6.07, 6.45) is 1.16. The van der Waals surface area contributed by atoms with Gasteiger partial charge >= 0.3 is 0 Å². The highest BCUT2D eigenvalue weighted by Crippen LogP contribution is 2.20. The summed E-state index contributed by atoms with van der Waals surface area (Å²) in [7, 11) is 0. The van der Waals surface area contributed by atoms with Crippen LogP contribution in [0.2, 0.25) is 0 Å². The molecule has 1 unspecified atom stereocenters. The summed E-state index contributed by atoms with van der Waals surface area (Å²) in [6.45, 7) is 13.6. The third kappa shape index (κ3) is 6.05. The van der Waals surface area contributed by atoms with Crippen LogP contribution in [-0.4, -0.2) is 25.8 Å². The van der Waals surface area contributed by atoms with Crippen LogP contribution in [0.3, 0.4) is 0 Å². The maximum absolute atomic E-state index is 5.48. The van der Waals surface area contributed by atoms with E-state index in [1.54, 1.807) is 0 Å². The number of rotatable bonds is 7. The standard InChI is InChI=1S/C11H25NO/c1-6-11(5,9-13-7-2)8-12-10(3)4/h10,12H,6-9H2,1-5H3. The van der Waals surface area contributed by atoms with Crippen LogP contribution in [0.15, 0.2) is 0 Å². The smallest absolute Gasteiger partial charge is 0.0531 e. The van der Waals surface area contributed by atoms with E-state index in [9.17, 15) is 0 Å². The minimum absolute atomic E-state index is 0.292. The van der Waals surface area contributed by atoms with Gasteiger partial charge in [0, 0.05) is 24.6 Å². The fourth-order valence-corrected chi connectivity index (χ4v) is 1.08. The molecule has 0 aromatic heterocycles. The molecule has 80 valence electrons. The van der Waals surface area contributed by atoms with E-state index in [1.807, 2.05) is 6.92 Å². The van der Waals surface area contributed by atoms with Crippen molar-refractivity contribution < 1.29 is 4.74 Å². The van der Waals surface area contributed by atoms with Gasteiger partial charge in [-0.05, 0) is 13.3 Å². The molecule has 0 saturated heterocycles. The van der Waals surface area contributed by atoms with Gasteiger partial charge in [-0.15, -0.1) is 0 Å². The largest absolute Gasteiger partial charge is 0.381 e. The van der Waals surface area contributed by atoms with Crippen LogP contribution in [0.1, 0.15) is 41.0 Å². The second-order valence-electron chi connectivity index (χ2n) is 4.34. The van der Waals surface area contributed by atoms with Gasteiger partial charge in [-0.2, -0.15) is 0 Å². The van der Waals surface area contributed by atoms with Crippen LogP contribution in [0.5, 0.6) is 0 Å². The highest BCUT2D eigenvalue weighted by atomic mass is 16.5. The van der Waals surface area contributed by atoms with E-state index in [-0.39, 0.29) is 0 Å². The first-order valence-corrected chi connectivity index (χ1v) is 5.35. The zero-order valence-corrected chi connectivity index (χ0v) is 9.81. The summed E-state index contributed by atoms with van der Waals surface area (Å²) in [5.74, 6) is 0. The molecule has 0 aliphatic rings. The Kier molecular flexibility index (Phi) is 6.35. The maximum Gasteiger partial charge on any atom is 0.0531 e. The molecule has 1 atom stereocenters. The molecule has 2 nitrogen and oxygen atoms in total. The van der Waals surface area contributed by atoms with Gasteiger partial charge in [0.25, 0.3) is 0 Å². The number of ether oxygens (including phenoxy) is 1. The third-order valence-corrected chi connectivity index (χ3v) is 2.45. The molecule has 0 saturated carbocycles. The van der Waals surface area contributed by atoms with Gasteiger partial charge in [0.1, 0.15) is 0 Å². The first-order valence-electron chi connectivity index (χ1n) is 5.35. The van der Waals surface area contributed by atoms with Crippen molar-refractivity contribution in [3.05, 3.63) is 0 Å². The first-order chi connectivity index (χ1) is 6.04. The molecule has 2 heteroatoms. The van der Waals surface area contributed by atoms with E-state index >= 15 is 0 Å². The Morgan fingerprint density at radius 3 is 2.31 bits per heavy atom. The molecule has 0 aromatic rings. The Morgan fingerprint density at radius 2 is 1.92 bits per heavy atom. The van der Waals surface area contributed by atoms with Crippen LogP contribution in [0, 0.1) is 5.41 Å². The van der Waals surface area contributed by atoms with Gasteiger partial charge in [0.2, 0.25) is 0 Å². The predicted octanol–water partition coefficient (Wildman–Crippen LogP) is 2.44. The summed E-state index contributed by atoms with van der Waals surface area (Å²) < 4.78 is 5.48. The Balaban J connectivity index is 3.81. The van der Waals surface area contributed by atoms with Gasteiger partial charge in [0.05, 0.1) is 6.61 Å². The van der Waals surface area contributed by atoms with Crippen LogP contribution >= 0.6 is 0 Å². The monoisotopic (exact) mass is 187 g/mol. The van der Waals surface area contributed by atoms with Crippen LogP contribution in [0.25, 0.3) is 0 Å². The SMILES string of the molecule is CCOCC(C)(CC)CNC(C)C. The van der Waals surface area contributed by atoms with E-state index in [2.05, 4.69) is 33.0 Å². The minimum atomic E-state index is 0.292. The van der Waals surface area contributed by atoms with Crippen LogP contribution in [-0.2, 0) is 4.74 Å². The normalized spacial score (nSPS) is 16.2. The second kappa shape index (κ2) is 6.39. The number of hydrogen-bond donors (Lipinski definition) is 1. The molecule has 0 aliphatic carbocycles. The van der Waals surface area contributed by atoms with Crippen molar-refractivity contribution in [1.82, 2.24) is 5.32 Å². The molecule has 1 N–H and O–H groups in total. The summed E-state index contributed by atoms with van der Waals surface area (Å²) in [4.78, 5) is 0. The molecule has 0 amide bonds. The zero-order valence-electron chi connectivity index (χ0n) is 9.81. The zero-order chi connectivity index (χ0) is 10.3. The van der Waals surface area contributed by atoms with Crippen molar-refractivity contribution in [2.75, 3.05) is 19.8 Å². The van der Waals surface area contributed by atoms with Crippen molar-refractivity contribution >= 4 is 0 Å². The maximum atomic E-state index is 5.48. The van der Waals surface area contributed by atoms with E-state index < -0.39 is 0 Å². The summed E-state index contributed by atoms with van der Waals surface area (Å²) in [5.41, 5.74) is 0.292. The Bertz CT molecular complexity index is 125. The van der Waals surface area contributed by atoms with Crippen LogP contribution < -0.4 is 5.32 Å². The van der Waals surface area contributed by atoms with Crippen molar-refractivity contribution in [3.63, 3.8) is 0 Å². The third-order valence-electron chi connectivity index (χ3n) is 2.45. The molecule has 13 heavy (non-hydrogen) atoms. The average molecular weight is 187 g/mol. The molecule has 0 spiro atoms. The topological polar surface area (TPSA) is 21.3 Å². The fraction of sp³-hybridized carbons (Fsp3) is 1.00. The van der Waals surface area contributed by atoms with E-state index in [0.717, 1.165) is 26.2 Å². The molecule has 0 rings (SSSR count). The molecule has 0 heterocycles. The summed E-state index contributed by atoms with van der Waals surface area (Å²) in [6, 6.07) is 0.563. The predicted molar refractivity (Wildman–Crippen MR) is 58.0 cm³/mol. The molecular weight excluding hydrogens is 162 g/mol. The van der Waals surface area contributed by atoms with Crippen molar-refractivity contribution in [2.24, 2.45) is 5.41 Å². The van der Waals surface area contributed by atoms with Crippen LogP contribution in [0.4, 0.5) is 0 Å². The highest BCUT2D eigenvalue weighted by Gasteiger charge is 2.21. The summed E-state index contributed by atoms with van der Waals surface area (Å²) in [5, 5.41) is 3.47. The van der Waals surface area contributed by atoms with Gasteiger partial charge in [-0.3, -0.25) is 0 Å². The lowest BCUT2D eigenvalue weighted by atomic mass is 9.88. The van der Waals surface area contributed by atoms with Crippen molar-refractivity contribution in [3.8, 4) is 0 Å². The molecule has 0 radical (unpaired) electrons. The first kappa shape index (κ1) is 12.9. The van der Waals surface area contributed by atoms with E-state index in [4.69, 9.17) is 4.74 Å². The highest BCUT2D eigenvalue weighted by molar-refractivity contribution is 4.75. The van der Waals surface area contributed by atoms with Gasteiger partial charge in [-0.25, -0.2) is 0 Å². The van der Waals surface area contributed by atoms with Gasteiger partial charge < -0.3 is 10.1 Å². The lowest BCUT2D eigenvalue weighted by Gasteiger charge is -2.29. The summed E-state index contributed by atoms with van der Waals surface area (Å²) >= 11 is 0. The number of nitrogens with one attached hydrogen (secondary N) is 1. The number of hydrogen-bond acceptors (Lipinski definition) is 2. The Labute approximate surface area is 83.1 Å². The molecule has 0 fully saturated rings. The molecule has 0 aliphatic heterocycles. The second-order valence-corrected chi connectivity index (χ2v) is 4.34. The average Bonchev–Trinajstić information content (AvgIpc) is 2.11. The minimum Gasteiger partial charge on any atom is -0.381 e. The molecule has 0 aromatic carbocycles. The molecular formula is C11H25NO. The van der Waals surface area contributed by atoms with E-state index in [0.29, 0.717) is 11.5 Å². The quantitative estimate of drug-likeness (QED) is 0.661. The van der Waals surface area contributed by atoms with Gasteiger partial charge in [-0.1, -0.05) is 27.7 Å². The molecule has 0 bridgehead atoms. The van der Waals surface area contributed by atoms with Crippen molar-refractivity contribution in [1.29, 1.82) is 0 Å². The van der Waals surface area contributed by atoms with Gasteiger partial charge in [0.15, 0.2) is 0 Å².